The summed E-state index contributed by atoms with van der Waals surface area (Å²) in [4.78, 5) is 18.2. The predicted octanol–water partition coefficient (Wildman–Crippen LogP) is 15.4. The molecule has 5 heterocycles. The first kappa shape index (κ1) is 85.1. The highest BCUT2D eigenvalue weighted by atomic mass is 79.9. The second kappa shape index (κ2) is 41.8. The van der Waals surface area contributed by atoms with Crippen molar-refractivity contribution in [3.63, 3.8) is 0 Å². The number of anilines is 5. The van der Waals surface area contributed by atoms with Crippen LogP contribution in [0, 0.1) is 6.92 Å². The summed E-state index contributed by atoms with van der Waals surface area (Å²) in [6.07, 6.45) is 0. The number of hydrogen-bond donors (Lipinski definition) is 3. The highest BCUT2D eigenvalue weighted by Crippen LogP contribution is 2.35. The van der Waals surface area contributed by atoms with Gasteiger partial charge in [0, 0.05) is 91.0 Å². The number of nitrogens with two attached hydrogens (primary N) is 3. The van der Waals surface area contributed by atoms with Gasteiger partial charge in [-0.15, -0.1) is 0 Å². The third-order valence-corrected chi connectivity index (χ3v) is 25.5. The average Bonchev–Trinajstić information content (AvgIpc) is 1.54. The van der Waals surface area contributed by atoms with Crippen molar-refractivity contribution >= 4 is 162 Å². The largest absolute Gasteiger partial charge is 0.399 e. The van der Waals surface area contributed by atoms with Gasteiger partial charge >= 0.3 is 0 Å². The van der Waals surface area contributed by atoms with Gasteiger partial charge in [-0.1, -0.05) is 88.7 Å². The van der Waals surface area contributed by atoms with Gasteiger partial charge in [0.15, 0.2) is 0 Å². The minimum atomic E-state index is -3.64. The van der Waals surface area contributed by atoms with Crippen molar-refractivity contribution in [2.24, 2.45) is 0 Å². The summed E-state index contributed by atoms with van der Waals surface area (Å²) in [5.74, 6) is 0.148. The molecule has 2 aliphatic rings. The van der Waals surface area contributed by atoms with Gasteiger partial charge in [-0.25, -0.2) is 38.7 Å². The Morgan fingerprint density at radius 2 is 0.762 bits per heavy atom. The molecular formula is C71H77Br3ClN11O12S7. The number of aromatic nitrogens is 6. The Bertz CT molecular complexity index is 4700. The minimum absolute atomic E-state index is 0.113. The summed E-state index contributed by atoms with van der Waals surface area (Å²) < 4.78 is 136. The number of hydrogen-bond acceptors (Lipinski definition) is 26. The highest BCUT2D eigenvalue weighted by Gasteiger charge is 2.25. The van der Waals surface area contributed by atoms with Crippen LogP contribution in [-0.2, 0) is 58.3 Å². The van der Waals surface area contributed by atoms with Gasteiger partial charge in [-0.3, -0.25) is 0 Å². The number of morpholine rings is 2. The summed E-state index contributed by atoms with van der Waals surface area (Å²) >= 11 is 18.4. The van der Waals surface area contributed by atoms with Crippen molar-refractivity contribution in [3.8, 4) is 21.1 Å². The summed E-state index contributed by atoms with van der Waals surface area (Å²) in [7, 11) is -14.3. The van der Waals surface area contributed by atoms with Crippen molar-refractivity contribution < 1.29 is 52.6 Å². The first-order chi connectivity index (χ1) is 50.2. The lowest BCUT2D eigenvalue weighted by Crippen LogP contribution is -2.36. The van der Waals surface area contributed by atoms with E-state index >= 15 is 0 Å². The molecule has 0 radical (unpaired) electrons. The van der Waals surface area contributed by atoms with Crippen molar-refractivity contribution in [2.45, 2.75) is 73.8 Å². The van der Waals surface area contributed by atoms with Crippen LogP contribution < -0.4 is 27.0 Å². The van der Waals surface area contributed by atoms with Gasteiger partial charge in [-0.2, -0.15) is 23.1 Å². The second-order valence-electron chi connectivity index (χ2n) is 21.9. The number of sulfone groups is 4. The average molecular weight is 1780 g/mol. The van der Waals surface area contributed by atoms with E-state index in [1.54, 1.807) is 158 Å². The van der Waals surface area contributed by atoms with Crippen LogP contribution in [0.2, 0.25) is 4.47 Å². The topological polar surface area (TPSA) is 335 Å². The van der Waals surface area contributed by atoms with E-state index in [0.717, 1.165) is 97.1 Å². The third kappa shape index (κ3) is 25.8. The smallest absolute Gasteiger partial charge is 0.232 e. The molecule has 6 N–H and O–H groups in total. The quantitative estimate of drug-likeness (QED) is 0.0756. The number of nitrogen functional groups attached to an aromatic ring is 3. The van der Waals surface area contributed by atoms with Crippen LogP contribution in [0.4, 0.5) is 28.7 Å². The van der Waals surface area contributed by atoms with E-state index in [4.69, 9.17) is 47.7 Å². The normalized spacial score (nSPS) is 12.8. The summed E-state index contributed by atoms with van der Waals surface area (Å²) in [5.41, 5.74) is 21.9. The number of rotatable bonds is 16. The maximum Gasteiger partial charge on any atom is 0.232 e. The predicted molar refractivity (Wildman–Crippen MR) is 428 cm³/mol. The fourth-order valence-corrected chi connectivity index (χ4v) is 18.5. The Morgan fingerprint density at radius 3 is 1.08 bits per heavy atom. The Labute approximate surface area is 655 Å². The van der Waals surface area contributed by atoms with Crippen molar-refractivity contribution in [1.82, 2.24) is 28.1 Å². The van der Waals surface area contributed by atoms with E-state index in [-0.39, 0.29) is 25.5 Å². The van der Waals surface area contributed by atoms with Crippen LogP contribution in [0.15, 0.2) is 247 Å². The molecule has 105 heavy (non-hydrogen) atoms. The van der Waals surface area contributed by atoms with Crippen molar-refractivity contribution in [2.75, 3.05) is 106 Å². The van der Waals surface area contributed by atoms with Gasteiger partial charge in [0.1, 0.15) is 10.0 Å². The molecule has 13 rings (SSSR count). The molecule has 2 fully saturated rings. The monoisotopic (exact) mass is 1770 g/mol. The van der Waals surface area contributed by atoms with Gasteiger partial charge in [0.2, 0.25) is 59.2 Å². The Balaban J connectivity index is 0.000000181. The first-order valence-electron chi connectivity index (χ1n) is 32.2. The van der Waals surface area contributed by atoms with Gasteiger partial charge in [-0.05, 0) is 240 Å². The van der Waals surface area contributed by atoms with E-state index in [1.165, 1.54) is 29.7 Å². The number of benzene rings is 8. The zero-order valence-corrected chi connectivity index (χ0v) is 68.8. The minimum Gasteiger partial charge on any atom is -0.399 e. The zero-order chi connectivity index (χ0) is 76.2. The lowest BCUT2D eigenvalue weighted by Gasteiger charge is -2.29. The Morgan fingerprint density at radius 1 is 0.419 bits per heavy atom. The molecule has 3 aromatic heterocycles. The molecule has 0 bridgehead atoms. The van der Waals surface area contributed by atoms with Gasteiger partial charge < -0.3 is 45.9 Å². The van der Waals surface area contributed by atoms with E-state index in [1.807, 2.05) is 52.8 Å². The molecule has 8 aromatic carbocycles. The zero-order valence-electron chi connectivity index (χ0n) is 57.5. The Kier molecular flexibility index (Phi) is 33.9. The number of aryl methyl sites for hydroxylation is 1. The number of ether oxygens (including phenoxy) is 4. The lowest BCUT2D eigenvalue weighted by atomic mass is 10.2. The standard InChI is InChI=1S/C17H19NO3S.C16H16BrNO3S.C14H10BrN3O2S2.C14H12N4O2S2.2C4H10O.C2BrClN2S/c1-14-11-15(18-7-9-21-10-8-18)13-17(12-14)22(19,20)16-5-3-2-4-6-16;17-13-10-14(18-6-8-21-9-7-18)12-16(11-13)22(19,20)15-4-2-1-3-5-15;15-14-17-13(21-18-14)9-6-10(16)8-12(7-9)22(19,20)11-4-2-1-3-5-11;15-10-6-9(13-17-14(16)18-21-13)7-12(8-10)22(19,20)11-4-2-1-3-5-11;2*1-3-5-4-2;3-1-5-2(4)7-6-1/h2-6,11-13H,7-10H2,1H3;1-5,10-12H,6-9H2;1-8H,16H2;1-8H,15H2,(H2,16,18);2*3-4H2,1-2H3;. The molecule has 0 atom stereocenters. The van der Waals surface area contributed by atoms with Crippen LogP contribution in [-0.4, -0.2) is 141 Å². The molecule has 0 unspecified atom stereocenters. The fraction of sp³-hybridized carbons (Fsp3) is 0.239. The summed E-state index contributed by atoms with van der Waals surface area (Å²) in [6, 6.07) is 53.6. The first-order valence-corrected chi connectivity index (χ1v) is 43.2. The van der Waals surface area contributed by atoms with E-state index in [0.29, 0.717) is 92.5 Å². The highest BCUT2D eigenvalue weighted by molar-refractivity contribution is 9.11. The molecule has 0 aliphatic carbocycles. The maximum absolute atomic E-state index is 12.8. The van der Waals surface area contributed by atoms with E-state index in [2.05, 4.69) is 85.7 Å². The SMILES string of the molecule is CCOCC.CCOCC.Cc1cc(N2CCOCC2)cc(S(=O)(=O)c2ccccc2)c1.Clc1nc(Br)ns1.Nc1cc(-c2nc(Br)ns2)cc(S(=O)(=O)c2ccccc2)c1.Nc1cc(-c2nc(N)ns2)cc(S(=O)(=O)c2ccccc2)c1.O=S(=O)(c1ccccc1)c1cc(Br)cc(N2CCOCC2)c1. The fourth-order valence-electron chi connectivity index (χ4n) is 9.61. The number of halogens is 4. The van der Waals surface area contributed by atoms with Crippen LogP contribution in [0.1, 0.15) is 33.3 Å². The second-order valence-corrected chi connectivity index (χ2v) is 34.9. The third-order valence-electron chi connectivity index (χ3n) is 14.5. The van der Waals surface area contributed by atoms with Gasteiger partial charge in [0.05, 0.1) is 65.6 Å². The van der Waals surface area contributed by atoms with Crippen LogP contribution in [0.5, 0.6) is 0 Å². The van der Waals surface area contributed by atoms with E-state index < -0.39 is 39.3 Å². The molecule has 23 nitrogen and oxygen atoms in total. The molecule has 11 aromatic rings. The molecule has 558 valence electrons. The van der Waals surface area contributed by atoms with Gasteiger partial charge in [0.25, 0.3) is 0 Å². The molecular weight excluding hydrogens is 1700 g/mol. The van der Waals surface area contributed by atoms with Crippen molar-refractivity contribution in [1.29, 1.82) is 0 Å². The summed E-state index contributed by atoms with van der Waals surface area (Å²) in [6.45, 7) is 19.0. The van der Waals surface area contributed by atoms with Crippen LogP contribution >= 0.6 is 94.0 Å². The van der Waals surface area contributed by atoms with Crippen LogP contribution in [0.3, 0.4) is 0 Å². The molecule has 0 spiro atoms. The molecule has 2 aliphatic heterocycles. The number of nitrogens with zero attached hydrogens (tertiary/aromatic N) is 8. The van der Waals surface area contributed by atoms with E-state index in [9.17, 15) is 33.7 Å². The molecule has 34 heteroatoms. The molecule has 0 amide bonds. The summed E-state index contributed by atoms with van der Waals surface area (Å²) in [5, 5.41) is 1.12. The Hall–Kier alpha value is -7.19. The van der Waals surface area contributed by atoms with Crippen molar-refractivity contribution in [3.05, 3.63) is 218 Å². The molecule has 0 saturated carbocycles. The molecule has 2 saturated heterocycles. The van der Waals surface area contributed by atoms with Crippen LogP contribution in [0.25, 0.3) is 21.1 Å². The lowest BCUT2D eigenvalue weighted by molar-refractivity contribution is 0.122. The maximum atomic E-state index is 12.8.